The summed E-state index contributed by atoms with van der Waals surface area (Å²) in [5.41, 5.74) is 7.04. The molecule has 0 radical (unpaired) electrons. The third-order valence-electron chi connectivity index (χ3n) is 1.60. The van der Waals surface area contributed by atoms with Gasteiger partial charge >= 0.3 is 35.3 Å². The Hall–Kier alpha value is 1.19. The van der Waals surface area contributed by atoms with Crippen molar-refractivity contribution in [3.05, 3.63) is 11.1 Å². The van der Waals surface area contributed by atoms with Crippen molar-refractivity contribution in [1.29, 1.82) is 0 Å². The smallest absolute Gasteiger partial charge is 0.0554 e. The summed E-state index contributed by atoms with van der Waals surface area (Å²) in [4.78, 5) is 0. The summed E-state index contributed by atoms with van der Waals surface area (Å²) in [6.45, 7) is 2.56. The van der Waals surface area contributed by atoms with Gasteiger partial charge in [-0.1, -0.05) is 18.8 Å². The van der Waals surface area contributed by atoms with E-state index in [2.05, 4.69) is 5.32 Å². The molecular weight excluding hydrogens is 366 g/mol. The summed E-state index contributed by atoms with van der Waals surface area (Å²) < 4.78 is 0. The van der Waals surface area contributed by atoms with Crippen LogP contribution in [0.5, 0.6) is 0 Å². The molecule has 1 aliphatic heterocycles. The van der Waals surface area contributed by atoms with Gasteiger partial charge in [0, 0.05) is 0 Å². The summed E-state index contributed by atoms with van der Waals surface area (Å²) in [7, 11) is 9.75. The van der Waals surface area contributed by atoms with Crippen LogP contribution in [0.2, 0.25) is 0 Å². The maximum Gasteiger partial charge on any atom is -0.0554 e. The van der Waals surface area contributed by atoms with E-state index in [4.69, 9.17) is 24.6 Å². The zero-order valence-corrected chi connectivity index (χ0v) is 9.92. The van der Waals surface area contributed by atoms with Crippen LogP contribution in [0.4, 0.5) is 0 Å². The van der Waals surface area contributed by atoms with Gasteiger partial charge in [0.25, 0.3) is 0 Å². The molecule has 2 nitrogen and oxygen atoms in total. The first-order valence-electron chi connectivity index (χ1n) is 3.45. The summed E-state index contributed by atoms with van der Waals surface area (Å²) in [6.07, 6.45) is 2.44. The fraction of sp³-hybridized carbons (Fsp3) is 1.00. The molecule has 1 aliphatic rings. The van der Waals surface area contributed by atoms with Gasteiger partial charge in [-0.05, 0) is 0 Å². The third kappa shape index (κ3) is 7.55. The van der Waals surface area contributed by atoms with Gasteiger partial charge in [0.05, 0.1) is 0 Å². The fourth-order valence-corrected chi connectivity index (χ4v) is 1.02. The second-order valence-electron chi connectivity index (χ2n) is 2.39. The predicted octanol–water partition coefficient (Wildman–Crippen LogP) is 3.20. The Morgan fingerprint density at radius 3 is 2.45 bits per heavy atom. The van der Waals surface area contributed by atoms with E-state index < -0.39 is 16.5 Å². The minimum atomic E-state index is -0.472. The molecule has 0 aromatic rings. The monoisotopic (exact) mass is 377 g/mol. The number of piperidine rings is 1. The number of hydrogen-bond donors (Lipinski definition) is 0. The maximum atomic E-state index is 7.04. The van der Waals surface area contributed by atoms with Crippen molar-refractivity contribution >= 4 is 18.8 Å². The van der Waals surface area contributed by atoms with Crippen molar-refractivity contribution in [2.45, 2.75) is 12.8 Å². The molecule has 5 heteroatoms. The molecule has 1 unspecified atom stereocenters. The molecule has 1 saturated heterocycles. The van der Waals surface area contributed by atoms with E-state index in [1.54, 1.807) is 0 Å². The molecule has 70 valence electrons. The van der Waals surface area contributed by atoms with Gasteiger partial charge in [-0.3, -0.25) is 0 Å². The van der Waals surface area contributed by atoms with Gasteiger partial charge in [-0.15, -0.1) is 19.6 Å². The van der Waals surface area contributed by atoms with E-state index in [1.807, 2.05) is 0 Å². The molecule has 0 bridgehead atoms. The summed E-state index contributed by atoms with van der Waals surface area (Å²) in [6, 6.07) is 0. The van der Waals surface area contributed by atoms with Crippen molar-refractivity contribution in [1.82, 2.24) is 0 Å². The normalized spacial score (nSPS) is 24.1. The largest absolute Gasteiger partial charge is 0.677 e. The van der Waals surface area contributed by atoms with E-state index in [9.17, 15) is 0 Å². The Morgan fingerprint density at radius 1 is 1.55 bits per heavy atom. The number of nitrogens with one attached hydrogen (secondary N) is 1. The molecule has 11 heavy (non-hydrogen) atoms. The fourth-order valence-electron chi connectivity index (χ4n) is 1.02. The molecule has 1 atom stereocenters. The first-order valence-corrected chi connectivity index (χ1v) is 9.08. The van der Waals surface area contributed by atoms with Crippen LogP contribution in [0.25, 0.3) is 11.1 Å². The first-order chi connectivity index (χ1) is 5.35. The van der Waals surface area contributed by atoms with Crippen LogP contribution < -0.4 is 0 Å². The van der Waals surface area contributed by atoms with Crippen LogP contribution in [-0.4, -0.2) is 19.6 Å². The van der Waals surface area contributed by atoms with Crippen molar-refractivity contribution in [3.63, 3.8) is 0 Å². The number of halogens is 2. The topological polar surface area (TPSA) is 37.9 Å². The van der Waals surface area contributed by atoms with Gasteiger partial charge in [0.15, 0.2) is 0 Å². The average molecular weight is 378 g/mol. The zero-order valence-electron chi connectivity index (χ0n) is 6.13. The predicted molar refractivity (Wildman–Crippen MR) is 46.7 cm³/mol. The van der Waals surface area contributed by atoms with Gasteiger partial charge in [-0.25, -0.2) is 0 Å². The minimum absolute atomic E-state index is 0.472. The van der Waals surface area contributed by atoms with Gasteiger partial charge in [0.2, 0.25) is 0 Å². The maximum absolute atomic E-state index is 7.04. The number of hydrogen-bond acceptors (Lipinski definition) is 0. The molecular formula is C6H12Cl2N2Pt. The summed E-state index contributed by atoms with van der Waals surface area (Å²) in [5.74, 6) is 0.587. The molecule has 0 aromatic heterocycles. The van der Waals surface area contributed by atoms with Crippen LogP contribution in [0.15, 0.2) is 0 Å². The van der Waals surface area contributed by atoms with Crippen molar-refractivity contribution in [3.8, 4) is 0 Å². The van der Waals surface area contributed by atoms with Crippen molar-refractivity contribution in [2.75, 3.05) is 19.6 Å². The van der Waals surface area contributed by atoms with Crippen LogP contribution in [0.1, 0.15) is 12.8 Å². The molecule has 0 spiro atoms. The Bertz CT molecular complexity index is 79.0. The molecule has 1 fully saturated rings. The Balaban J connectivity index is 0.000000292. The van der Waals surface area contributed by atoms with Crippen LogP contribution >= 0.6 is 18.8 Å². The second kappa shape index (κ2) is 9.28. The summed E-state index contributed by atoms with van der Waals surface area (Å²) in [5, 5.41) is 4.21. The molecule has 0 aliphatic carbocycles. The molecule has 0 saturated carbocycles. The first kappa shape index (κ1) is 12.2. The molecule has 0 aromatic carbocycles. The number of nitrogens with zero attached hydrogens (tertiary/aromatic N) is 1. The Morgan fingerprint density at radius 2 is 2.18 bits per heavy atom. The summed E-state index contributed by atoms with van der Waals surface area (Å²) >= 11 is -0.472. The number of rotatable bonds is 1. The average Bonchev–Trinajstić information content (AvgIpc) is 2.08. The Kier molecular flexibility index (Phi) is 10.3. The van der Waals surface area contributed by atoms with Crippen molar-refractivity contribution in [2.24, 2.45) is 5.92 Å². The molecule has 0 amide bonds. The van der Waals surface area contributed by atoms with E-state index in [-0.39, 0.29) is 0 Å². The van der Waals surface area contributed by atoms with E-state index >= 15 is 0 Å². The van der Waals surface area contributed by atoms with E-state index in [0.717, 1.165) is 13.1 Å². The molecule has 1 rings (SSSR count). The van der Waals surface area contributed by atoms with E-state index in [0.29, 0.717) is 12.5 Å². The molecule has 1 N–H and O–H groups in total. The standard InChI is InChI=1S/C6H12N2.2ClH.Pt/c7-4-6-2-1-3-8-5-6;;;/h6-7H,1-5H2;2*1H;/q-2;;;+4/p-2. The van der Waals surface area contributed by atoms with Crippen LogP contribution in [0.3, 0.4) is 0 Å². The van der Waals surface area contributed by atoms with Gasteiger partial charge in [-0.2, -0.15) is 0 Å². The quantitative estimate of drug-likeness (QED) is 0.673. The van der Waals surface area contributed by atoms with Gasteiger partial charge < -0.3 is 11.1 Å². The van der Waals surface area contributed by atoms with E-state index in [1.165, 1.54) is 12.8 Å². The molecule has 1 heterocycles. The minimum Gasteiger partial charge on any atom is -0.677 e. The zero-order chi connectivity index (χ0) is 8.53. The SMILES string of the molecule is [Cl][Pt+2][Cl].[NH-]CC1CCC[N-]C1. The third-order valence-corrected chi connectivity index (χ3v) is 1.60. The van der Waals surface area contributed by atoms with Gasteiger partial charge in [0.1, 0.15) is 0 Å². The Labute approximate surface area is 84.6 Å². The van der Waals surface area contributed by atoms with Crippen molar-refractivity contribution < 1.29 is 16.5 Å². The van der Waals surface area contributed by atoms with Crippen LogP contribution in [-0.2, 0) is 16.5 Å². The second-order valence-corrected chi connectivity index (χ2v) is 5.67. The van der Waals surface area contributed by atoms with Crippen LogP contribution in [0, 0.1) is 5.92 Å².